The number of carbonyl (C=O) groups is 1. The number of nitrogens with one attached hydrogen (secondary N) is 1. The van der Waals surface area contributed by atoms with Crippen LogP contribution in [0, 0.1) is 0 Å². The van der Waals surface area contributed by atoms with Crippen molar-refractivity contribution >= 4 is 35.3 Å². The SMILES string of the molecule is O=C(COc1ccccc1-c1ccccc1)N/N=C\c1c(Cl)cccc1Cl. The van der Waals surface area contributed by atoms with Crippen LogP contribution in [-0.2, 0) is 4.79 Å². The number of benzene rings is 3. The van der Waals surface area contributed by atoms with Crippen LogP contribution in [0.1, 0.15) is 5.56 Å². The van der Waals surface area contributed by atoms with E-state index in [9.17, 15) is 4.79 Å². The van der Waals surface area contributed by atoms with Gasteiger partial charge in [-0.25, -0.2) is 5.43 Å². The number of carbonyl (C=O) groups excluding carboxylic acids is 1. The summed E-state index contributed by atoms with van der Waals surface area (Å²) in [6.45, 7) is -0.169. The average molecular weight is 399 g/mol. The zero-order valence-electron chi connectivity index (χ0n) is 14.2. The lowest BCUT2D eigenvalue weighted by Crippen LogP contribution is -2.24. The minimum Gasteiger partial charge on any atom is -0.483 e. The Bertz CT molecular complexity index is 939. The molecular weight excluding hydrogens is 383 g/mol. The zero-order valence-corrected chi connectivity index (χ0v) is 15.7. The van der Waals surface area contributed by atoms with Gasteiger partial charge in [-0.2, -0.15) is 5.10 Å². The van der Waals surface area contributed by atoms with E-state index in [-0.39, 0.29) is 6.61 Å². The van der Waals surface area contributed by atoms with Crippen molar-refractivity contribution in [1.82, 2.24) is 5.43 Å². The maximum Gasteiger partial charge on any atom is 0.277 e. The summed E-state index contributed by atoms with van der Waals surface area (Å²) in [5, 5.41) is 4.79. The van der Waals surface area contributed by atoms with Gasteiger partial charge in [-0.1, -0.05) is 77.8 Å². The third-order valence-electron chi connectivity index (χ3n) is 3.71. The molecule has 0 bridgehead atoms. The van der Waals surface area contributed by atoms with Crippen LogP contribution in [0.5, 0.6) is 5.75 Å². The quantitative estimate of drug-likeness (QED) is 0.458. The second-order valence-corrected chi connectivity index (χ2v) is 6.39. The Morgan fingerprint density at radius 3 is 2.33 bits per heavy atom. The van der Waals surface area contributed by atoms with Gasteiger partial charge >= 0.3 is 0 Å². The van der Waals surface area contributed by atoms with Crippen molar-refractivity contribution in [2.75, 3.05) is 6.61 Å². The molecule has 6 heteroatoms. The minimum atomic E-state index is -0.391. The number of para-hydroxylation sites is 1. The molecule has 0 aliphatic carbocycles. The fourth-order valence-electron chi connectivity index (χ4n) is 2.43. The van der Waals surface area contributed by atoms with Crippen molar-refractivity contribution in [3.8, 4) is 16.9 Å². The molecule has 0 aliphatic rings. The van der Waals surface area contributed by atoms with E-state index in [2.05, 4.69) is 10.5 Å². The highest BCUT2D eigenvalue weighted by Crippen LogP contribution is 2.29. The van der Waals surface area contributed by atoms with Crippen molar-refractivity contribution in [3.63, 3.8) is 0 Å². The predicted octanol–water partition coefficient (Wildman–Crippen LogP) is 5.19. The number of hydrogen-bond donors (Lipinski definition) is 1. The highest BCUT2D eigenvalue weighted by molar-refractivity contribution is 6.38. The Morgan fingerprint density at radius 1 is 0.926 bits per heavy atom. The summed E-state index contributed by atoms with van der Waals surface area (Å²) in [5.74, 6) is 0.231. The van der Waals surface area contributed by atoms with Crippen LogP contribution < -0.4 is 10.2 Å². The maximum atomic E-state index is 12.0. The monoisotopic (exact) mass is 398 g/mol. The van der Waals surface area contributed by atoms with Crippen molar-refractivity contribution < 1.29 is 9.53 Å². The molecule has 1 N–H and O–H groups in total. The Balaban J connectivity index is 1.61. The van der Waals surface area contributed by atoms with Crippen LogP contribution in [0.4, 0.5) is 0 Å². The van der Waals surface area contributed by atoms with E-state index in [4.69, 9.17) is 27.9 Å². The maximum absolute atomic E-state index is 12.0. The molecule has 0 heterocycles. The summed E-state index contributed by atoms with van der Waals surface area (Å²) in [6, 6.07) is 22.5. The molecule has 3 aromatic carbocycles. The van der Waals surface area contributed by atoms with Gasteiger partial charge < -0.3 is 4.74 Å². The second-order valence-electron chi connectivity index (χ2n) is 5.58. The molecular formula is C21H16Cl2N2O2. The van der Waals surface area contributed by atoms with Gasteiger partial charge in [0.25, 0.3) is 5.91 Å². The molecule has 0 atom stereocenters. The molecule has 3 rings (SSSR count). The van der Waals surface area contributed by atoms with E-state index in [0.717, 1.165) is 11.1 Å². The molecule has 0 unspecified atom stereocenters. The first-order valence-corrected chi connectivity index (χ1v) is 8.94. The standard InChI is InChI=1S/C21H16Cl2N2O2/c22-18-10-6-11-19(23)17(18)13-24-25-21(26)14-27-20-12-5-4-9-16(20)15-7-2-1-3-8-15/h1-13H,14H2,(H,25,26)/b24-13-. The number of hydrazone groups is 1. The highest BCUT2D eigenvalue weighted by Gasteiger charge is 2.08. The molecule has 0 aromatic heterocycles. The average Bonchev–Trinajstić information content (AvgIpc) is 2.69. The zero-order chi connectivity index (χ0) is 19.1. The third kappa shape index (κ3) is 5.09. The van der Waals surface area contributed by atoms with Crippen LogP contribution in [0.25, 0.3) is 11.1 Å². The number of ether oxygens (including phenoxy) is 1. The predicted molar refractivity (Wildman–Crippen MR) is 110 cm³/mol. The molecule has 0 fully saturated rings. The molecule has 0 saturated heterocycles. The molecule has 3 aromatic rings. The number of halogens is 2. The topological polar surface area (TPSA) is 50.7 Å². The summed E-state index contributed by atoms with van der Waals surface area (Å²) in [6.07, 6.45) is 1.40. The third-order valence-corrected chi connectivity index (χ3v) is 4.37. The fraction of sp³-hybridized carbons (Fsp3) is 0.0476. The van der Waals surface area contributed by atoms with Crippen LogP contribution in [0.3, 0.4) is 0 Å². The van der Waals surface area contributed by atoms with Crippen molar-refractivity contribution in [3.05, 3.63) is 88.4 Å². The van der Waals surface area contributed by atoms with E-state index in [1.807, 2.05) is 54.6 Å². The largest absolute Gasteiger partial charge is 0.483 e. The summed E-state index contributed by atoms with van der Waals surface area (Å²) in [7, 11) is 0. The van der Waals surface area contributed by atoms with Gasteiger partial charge in [0.15, 0.2) is 6.61 Å². The van der Waals surface area contributed by atoms with Crippen molar-refractivity contribution in [2.24, 2.45) is 5.10 Å². The number of rotatable bonds is 6. The lowest BCUT2D eigenvalue weighted by Gasteiger charge is -2.11. The van der Waals surface area contributed by atoms with Gasteiger partial charge in [0.1, 0.15) is 5.75 Å². The van der Waals surface area contributed by atoms with E-state index < -0.39 is 5.91 Å². The summed E-state index contributed by atoms with van der Waals surface area (Å²) >= 11 is 12.1. The van der Waals surface area contributed by atoms with Crippen molar-refractivity contribution in [1.29, 1.82) is 0 Å². The van der Waals surface area contributed by atoms with Crippen LogP contribution in [0.2, 0.25) is 10.0 Å². The minimum absolute atomic E-state index is 0.169. The van der Waals surface area contributed by atoms with Gasteiger partial charge in [0.05, 0.1) is 16.3 Å². The molecule has 136 valence electrons. The lowest BCUT2D eigenvalue weighted by molar-refractivity contribution is -0.123. The Labute approximate surface area is 167 Å². The van der Waals surface area contributed by atoms with Crippen LogP contribution >= 0.6 is 23.2 Å². The molecule has 0 spiro atoms. The number of amides is 1. The Morgan fingerprint density at radius 2 is 1.59 bits per heavy atom. The van der Waals surface area contributed by atoms with Crippen molar-refractivity contribution in [2.45, 2.75) is 0 Å². The first-order valence-electron chi connectivity index (χ1n) is 8.18. The van der Waals surface area contributed by atoms with E-state index in [1.54, 1.807) is 18.2 Å². The fourth-order valence-corrected chi connectivity index (χ4v) is 2.92. The normalized spacial score (nSPS) is 10.7. The summed E-state index contributed by atoms with van der Waals surface area (Å²) in [4.78, 5) is 12.0. The summed E-state index contributed by atoms with van der Waals surface area (Å²) < 4.78 is 5.67. The molecule has 0 radical (unpaired) electrons. The van der Waals surface area contributed by atoms with Crippen LogP contribution in [-0.4, -0.2) is 18.7 Å². The van der Waals surface area contributed by atoms with Crippen LogP contribution in [0.15, 0.2) is 77.9 Å². The van der Waals surface area contributed by atoms with E-state index in [0.29, 0.717) is 21.4 Å². The van der Waals surface area contributed by atoms with Gasteiger partial charge in [0.2, 0.25) is 0 Å². The number of nitrogens with zero attached hydrogens (tertiary/aromatic N) is 1. The van der Waals surface area contributed by atoms with E-state index in [1.165, 1.54) is 6.21 Å². The van der Waals surface area contributed by atoms with Gasteiger partial charge in [-0.05, 0) is 23.8 Å². The summed E-state index contributed by atoms with van der Waals surface area (Å²) in [5.41, 5.74) is 4.87. The first kappa shape index (κ1) is 19.0. The van der Waals surface area contributed by atoms with Gasteiger partial charge in [-0.15, -0.1) is 0 Å². The van der Waals surface area contributed by atoms with Gasteiger partial charge in [-0.3, -0.25) is 4.79 Å². The lowest BCUT2D eigenvalue weighted by atomic mass is 10.1. The first-order chi connectivity index (χ1) is 13.1. The molecule has 0 aliphatic heterocycles. The van der Waals surface area contributed by atoms with E-state index >= 15 is 0 Å². The highest BCUT2D eigenvalue weighted by atomic mass is 35.5. The molecule has 1 amide bonds. The molecule has 0 saturated carbocycles. The Hall–Kier alpha value is -2.82. The second kappa shape index (κ2) is 9.21. The number of hydrogen-bond acceptors (Lipinski definition) is 3. The molecule has 4 nitrogen and oxygen atoms in total. The smallest absolute Gasteiger partial charge is 0.277 e. The van der Waals surface area contributed by atoms with Gasteiger partial charge in [0, 0.05) is 11.1 Å². The Kier molecular flexibility index (Phi) is 6.47. The molecule has 27 heavy (non-hydrogen) atoms.